The summed E-state index contributed by atoms with van der Waals surface area (Å²) in [4.78, 5) is 9.94. The van der Waals surface area contributed by atoms with Crippen LogP contribution < -0.4 is 0 Å². The molecule has 0 bridgehead atoms. The van der Waals surface area contributed by atoms with Crippen molar-refractivity contribution in [2.75, 3.05) is 13.2 Å². The van der Waals surface area contributed by atoms with E-state index in [0.717, 1.165) is 26.1 Å². The standard InChI is InChI=1S/C8H13NO3/c1-7(9(10)11)6-8-2-4-12-5-3-8/h6,8H,2-5H2,1H3/b7-6+. The Bertz CT molecular complexity index is 194. The van der Waals surface area contributed by atoms with Gasteiger partial charge in [-0.2, -0.15) is 0 Å². The van der Waals surface area contributed by atoms with Gasteiger partial charge in [-0.3, -0.25) is 10.1 Å². The van der Waals surface area contributed by atoms with Crippen LogP contribution in [-0.2, 0) is 4.74 Å². The first kappa shape index (κ1) is 9.19. The van der Waals surface area contributed by atoms with Gasteiger partial charge in [0.2, 0.25) is 5.70 Å². The molecule has 1 aliphatic rings. The second-order valence-corrected chi connectivity index (χ2v) is 3.01. The van der Waals surface area contributed by atoms with E-state index in [2.05, 4.69) is 0 Å². The lowest BCUT2D eigenvalue weighted by atomic mass is 9.99. The van der Waals surface area contributed by atoms with E-state index in [1.54, 1.807) is 6.08 Å². The molecule has 1 heterocycles. The lowest BCUT2D eigenvalue weighted by Gasteiger charge is -2.17. The van der Waals surface area contributed by atoms with E-state index in [1.807, 2.05) is 0 Å². The molecule has 4 nitrogen and oxygen atoms in total. The van der Waals surface area contributed by atoms with Crippen molar-refractivity contribution in [2.45, 2.75) is 19.8 Å². The van der Waals surface area contributed by atoms with Crippen LogP contribution in [0, 0.1) is 16.0 Å². The molecule has 1 saturated heterocycles. The van der Waals surface area contributed by atoms with E-state index < -0.39 is 0 Å². The van der Waals surface area contributed by atoms with E-state index in [1.165, 1.54) is 6.92 Å². The maximum Gasteiger partial charge on any atom is 0.239 e. The summed E-state index contributed by atoms with van der Waals surface area (Å²) in [6.07, 6.45) is 3.55. The van der Waals surface area contributed by atoms with Crippen LogP contribution in [0.5, 0.6) is 0 Å². The van der Waals surface area contributed by atoms with Crippen LogP contribution in [0.15, 0.2) is 11.8 Å². The van der Waals surface area contributed by atoms with E-state index in [0.29, 0.717) is 5.92 Å². The number of ether oxygens (including phenoxy) is 1. The maximum atomic E-state index is 10.3. The quantitative estimate of drug-likeness (QED) is 0.468. The van der Waals surface area contributed by atoms with Gasteiger partial charge in [-0.15, -0.1) is 0 Å². The molecule has 12 heavy (non-hydrogen) atoms. The van der Waals surface area contributed by atoms with E-state index >= 15 is 0 Å². The second-order valence-electron chi connectivity index (χ2n) is 3.01. The third kappa shape index (κ3) is 2.62. The van der Waals surface area contributed by atoms with Crippen molar-refractivity contribution in [1.29, 1.82) is 0 Å². The van der Waals surface area contributed by atoms with Gasteiger partial charge in [-0.1, -0.05) is 0 Å². The van der Waals surface area contributed by atoms with Gasteiger partial charge in [0, 0.05) is 20.1 Å². The van der Waals surface area contributed by atoms with Crippen LogP contribution in [0.25, 0.3) is 0 Å². The molecule has 0 aromatic carbocycles. The summed E-state index contributed by atoms with van der Waals surface area (Å²) in [5, 5.41) is 10.3. The summed E-state index contributed by atoms with van der Waals surface area (Å²) in [6, 6.07) is 0. The number of hydrogen-bond donors (Lipinski definition) is 0. The summed E-state index contributed by atoms with van der Waals surface area (Å²) in [6.45, 7) is 2.99. The van der Waals surface area contributed by atoms with Crippen molar-refractivity contribution >= 4 is 0 Å². The number of rotatable bonds is 2. The molecule has 0 N–H and O–H groups in total. The van der Waals surface area contributed by atoms with Crippen LogP contribution >= 0.6 is 0 Å². The van der Waals surface area contributed by atoms with Gasteiger partial charge in [0.15, 0.2) is 0 Å². The van der Waals surface area contributed by atoms with Crippen LogP contribution in [0.4, 0.5) is 0 Å². The minimum Gasteiger partial charge on any atom is -0.381 e. The Kier molecular flexibility index (Phi) is 3.22. The minimum absolute atomic E-state index is 0.252. The van der Waals surface area contributed by atoms with E-state index in [4.69, 9.17) is 4.74 Å². The summed E-state index contributed by atoms with van der Waals surface area (Å²) in [5.41, 5.74) is 0.252. The van der Waals surface area contributed by atoms with Gasteiger partial charge in [0.05, 0.1) is 4.92 Å². The van der Waals surface area contributed by atoms with Crippen LogP contribution in [0.1, 0.15) is 19.8 Å². The average molecular weight is 171 g/mol. The fourth-order valence-corrected chi connectivity index (χ4v) is 1.28. The Morgan fingerprint density at radius 3 is 2.67 bits per heavy atom. The number of hydrogen-bond acceptors (Lipinski definition) is 3. The normalized spacial score (nSPS) is 20.9. The zero-order chi connectivity index (χ0) is 8.97. The highest BCUT2D eigenvalue weighted by molar-refractivity contribution is 4.93. The zero-order valence-corrected chi connectivity index (χ0v) is 7.16. The van der Waals surface area contributed by atoms with Crippen molar-refractivity contribution in [3.05, 3.63) is 21.9 Å². The summed E-state index contributed by atoms with van der Waals surface area (Å²) < 4.78 is 5.14. The largest absolute Gasteiger partial charge is 0.381 e. The van der Waals surface area contributed by atoms with Crippen molar-refractivity contribution in [3.63, 3.8) is 0 Å². The fourth-order valence-electron chi connectivity index (χ4n) is 1.28. The first-order valence-corrected chi connectivity index (χ1v) is 4.10. The van der Waals surface area contributed by atoms with Crippen LogP contribution in [-0.4, -0.2) is 18.1 Å². The molecular weight excluding hydrogens is 158 g/mol. The fraction of sp³-hybridized carbons (Fsp3) is 0.750. The van der Waals surface area contributed by atoms with Crippen molar-refractivity contribution < 1.29 is 9.66 Å². The average Bonchev–Trinajstić information content (AvgIpc) is 2.06. The lowest BCUT2D eigenvalue weighted by molar-refractivity contribution is -0.424. The molecule has 4 heteroatoms. The molecule has 0 aliphatic carbocycles. The molecule has 68 valence electrons. The molecule has 0 aromatic heterocycles. The minimum atomic E-state index is -0.338. The number of nitrogens with zero attached hydrogens (tertiary/aromatic N) is 1. The lowest BCUT2D eigenvalue weighted by Crippen LogP contribution is -2.14. The van der Waals surface area contributed by atoms with Crippen molar-refractivity contribution in [2.24, 2.45) is 5.92 Å². The molecule has 0 unspecified atom stereocenters. The zero-order valence-electron chi connectivity index (χ0n) is 7.16. The van der Waals surface area contributed by atoms with E-state index in [9.17, 15) is 10.1 Å². The third-order valence-corrected chi connectivity index (χ3v) is 2.03. The van der Waals surface area contributed by atoms with Crippen molar-refractivity contribution in [1.82, 2.24) is 0 Å². The molecule has 0 saturated carbocycles. The van der Waals surface area contributed by atoms with Crippen LogP contribution in [0.2, 0.25) is 0 Å². The highest BCUT2D eigenvalue weighted by Gasteiger charge is 2.14. The molecule has 1 fully saturated rings. The second kappa shape index (κ2) is 4.21. The highest BCUT2D eigenvalue weighted by Crippen LogP contribution is 2.17. The predicted molar refractivity (Wildman–Crippen MR) is 44.3 cm³/mol. The molecule has 1 rings (SSSR count). The molecule has 0 amide bonds. The maximum absolute atomic E-state index is 10.3. The molecule has 1 aliphatic heterocycles. The number of nitro groups is 1. The van der Waals surface area contributed by atoms with Gasteiger partial charge in [-0.05, 0) is 24.8 Å². The summed E-state index contributed by atoms with van der Waals surface area (Å²) in [7, 11) is 0. The van der Waals surface area contributed by atoms with Gasteiger partial charge >= 0.3 is 0 Å². The number of allylic oxidation sites excluding steroid dienone is 2. The SMILES string of the molecule is C/C(=C\C1CCOCC1)[N+](=O)[O-]. The van der Waals surface area contributed by atoms with Crippen molar-refractivity contribution in [3.8, 4) is 0 Å². The Morgan fingerprint density at radius 2 is 2.17 bits per heavy atom. The monoisotopic (exact) mass is 171 g/mol. The molecule has 0 spiro atoms. The van der Waals surface area contributed by atoms with Crippen LogP contribution in [0.3, 0.4) is 0 Å². The first-order chi connectivity index (χ1) is 5.70. The highest BCUT2D eigenvalue weighted by atomic mass is 16.6. The van der Waals surface area contributed by atoms with Gasteiger partial charge in [-0.25, -0.2) is 0 Å². The Morgan fingerprint density at radius 1 is 1.58 bits per heavy atom. The smallest absolute Gasteiger partial charge is 0.239 e. The third-order valence-electron chi connectivity index (χ3n) is 2.03. The summed E-state index contributed by atoms with van der Waals surface area (Å²) in [5.74, 6) is 0.337. The molecule has 0 aromatic rings. The Hall–Kier alpha value is -0.900. The summed E-state index contributed by atoms with van der Waals surface area (Å²) >= 11 is 0. The van der Waals surface area contributed by atoms with Gasteiger partial charge in [0.25, 0.3) is 0 Å². The van der Waals surface area contributed by atoms with E-state index in [-0.39, 0.29) is 10.6 Å². The first-order valence-electron chi connectivity index (χ1n) is 4.10. The molecule has 0 atom stereocenters. The molecule has 0 radical (unpaired) electrons. The van der Waals surface area contributed by atoms with Gasteiger partial charge in [0.1, 0.15) is 0 Å². The molecular formula is C8H13NO3. The van der Waals surface area contributed by atoms with Gasteiger partial charge < -0.3 is 4.74 Å². The Labute approximate surface area is 71.4 Å². The topological polar surface area (TPSA) is 52.4 Å². The Balaban J connectivity index is 2.47. The predicted octanol–water partition coefficient (Wildman–Crippen LogP) is 1.59.